The first-order valence-corrected chi connectivity index (χ1v) is 7.12. The maximum absolute atomic E-state index is 12.6. The zero-order chi connectivity index (χ0) is 15.3. The molecule has 0 atom stereocenters. The number of aromatic nitrogens is 3. The number of para-hydroxylation sites is 2. The lowest BCUT2D eigenvalue weighted by Gasteiger charge is -2.28. The Labute approximate surface area is 124 Å². The average Bonchev–Trinajstić information content (AvgIpc) is 3.04. The standard InChI is InChI=1S/C15H21N5O/c1-3-15(4-2,9-16)14(21)19-12-7-5-6-8-13(12)20-11-17-10-18-20/h5-8,10-11H,3-4,9,16H2,1-2H3,(H,19,21). The van der Waals surface area contributed by atoms with Crippen molar-refractivity contribution in [2.24, 2.45) is 11.1 Å². The number of nitrogens with one attached hydrogen (secondary N) is 1. The molecule has 0 aliphatic heterocycles. The van der Waals surface area contributed by atoms with E-state index in [4.69, 9.17) is 5.73 Å². The first kappa shape index (κ1) is 15.2. The number of nitrogens with zero attached hydrogens (tertiary/aromatic N) is 3. The summed E-state index contributed by atoms with van der Waals surface area (Å²) in [5, 5.41) is 7.09. The van der Waals surface area contributed by atoms with Gasteiger partial charge in [0.25, 0.3) is 0 Å². The van der Waals surface area contributed by atoms with Crippen LogP contribution in [0.1, 0.15) is 26.7 Å². The third-order valence-electron chi connectivity index (χ3n) is 4.04. The number of carbonyl (C=O) groups excluding carboxylic acids is 1. The topological polar surface area (TPSA) is 85.8 Å². The van der Waals surface area contributed by atoms with Crippen LogP contribution in [0.2, 0.25) is 0 Å². The molecule has 0 saturated heterocycles. The Balaban J connectivity index is 2.30. The quantitative estimate of drug-likeness (QED) is 0.850. The summed E-state index contributed by atoms with van der Waals surface area (Å²) in [6.07, 6.45) is 4.47. The molecule has 0 aliphatic rings. The van der Waals surface area contributed by atoms with Gasteiger partial charge in [-0.25, -0.2) is 9.67 Å². The fraction of sp³-hybridized carbons (Fsp3) is 0.400. The first-order chi connectivity index (χ1) is 10.2. The van der Waals surface area contributed by atoms with Gasteiger partial charge in [0, 0.05) is 6.54 Å². The smallest absolute Gasteiger partial charge is 0.231 e. The molecule has 0 radical (unpaired) electrons. The maximum Gasteiger partial charge on any atom is 0.231 e. The van der Waals surface area contributed by atoms with Gasteiger partial charge in [-0.3, -0.25) is 4.79 Å². The summed E-state index contributed by atoms with van der Waals surface area (Å²) in [5.41, 5.74) is 6.78. The van der Waals surface area contributed by atoms with Gasteiger partial charge < -0.3 is 11.1 Å². The number of anilines is 1. The minimum absolute atomic E-state index is 0.0532. The predicted molar refractivity (Wildman–Crippen MR) is 82.1 cm³/mol. The lowest BCUT2D eigenvalue weighted by molar-refractivity contribution is -0.125. The molecule has 0 spiro atoms. The van der Waals surface area contributed by atoms with Crippen molar-refractivity contribution in [2.45, 2.75) is 26.7 Å². The van der Waals surface area contributed by atoms with Gasteiger partial charge in [0.1, 0.15) is 12.7 Å². The Morgan fingerprint density at radius 3 is 2.62 bits per heavy atom. The van der Waals surface area contributed by atoms with Crippen LogP contribution in [0.15, 0.2) is 36.9 Å². The van der Waals surface area contributed by atoms with E-state index in [-0.39, 0.29) is 5.91 Å². The number of rotatable bonds is 6. The Bertz CT molecular complexity index is 582. The summed E-state index contributed by atoms with van der Waals surface area (Å²) in [4.78, 5) is 16.5. The fourth-order valence-corrected chi connectivity index (χ4v) is 2.32. The second kappa shape index (κ2) is 6.49. The van der Waals surface area contributed by atoms with E-state index in [9.17, 15) is 4.79 Å². The summed E-state index contributed by atoms with van der Waals surface area (Å²) in [6.45, 7) is 4.30. The lowest BCUT2D eigenvalue weighted by Crippen LogP contribution is -2.41. The molecule has 3 N–H and O–H groups in total. The maximum atomic E-state index is 12.6. The molecule has 0 unspecified atom stereocenters. The third kappa shape index (κ3) is 2.95. The largest absolute Gasteiger partial charge is 0.329 e. The zero-order valence-corrected chi connectivity index (χ0v) is 12.4. The van der Waals surface area contributed by atoms with Crippen molar-refractivity contribution in [1.82, 2.24) is 14.8 Å². The normalized spacial score (nSPS) is 11.4. The van der Waals surface area contributed by atoms with Crippen LogP contribution in [-0.4, -0.2) is 27.2 Å². The van der Waals surface area contributed by atoms with Crippen LogP contribution < -0.4 is 11.1 Å². The molecular weight excluding hydrogens is 266 g/mol. The molecule has 112 valence electrons. The molecule has 1 aromatic heterocycles. The van der Waals surface area contributed by atoms with Crippen molar-refractivity contribution in [2.75, 3.05) is 11.9 Å². The molecule has 0 saturated carbocycles. The Morgan fingerprint density at radius 1 is 1.33 bits per heavy atom. The van der Waals surface area contributed by atoms with E-state index in [1.807, 2.05) is 38.1 Å². The van der Waals surface area contributed by atoms with Gasteiger partial charge in [-0.1, -0.05) is 26.0 Å². The minimum Gasteiger partial charge on any atom is -0.329 e. The van der Waals surface area contributed by atoms with Crippen molar-refractivity contribution in [3.63, 3.8) is 0 Å². The van der Waals surface area contributed by atoms with Gasteiger partial charge >= 0.3 is 0 Å². The highest BCUT2D eigenvalue weighted by molar-refractivity contribution is 5.97. The van der Waals surface area contributed by atoms with E-state index in [0.717, 1.165) is 5.69 Å². The summed E-state index contributed by atoms with van der Waals surface area (Å²) >= 11 is 0. The minimum atomic E-state index is -0.532. The van der Waals surface area contributed by atoms with Crippen molar-refractivity contribution >= 4 is 11.6 Å². The molecule has 1 aromatic carbocycles. The van der Waals surface area contributed by atoms with Crippen LogP contribution in [0, 0.1) is 5.41 Å². The van der Waals surface area contributed by atoms with Crippen LogP contribution in [0.3, 0.4) is 0 Å². The summed E-state index contributed by atoms with van der Waals surface area (Å²) in [7, 11) is 0. The van der Waals surface area contributed by atoms with Crippen molar-refractivity contribution in [3.05, 3.63) is 36.9 Å². The number of amides is 1. The van der Waals surface area contributed by atoms with Gasteiger partial charge in [0.15, 0.2) is 0 Å². The Kier molecular flexibility index (Phi) is 4.70. The van der Waals surface area contributed by atoms with E-state index in [1.165, 1.54) is 6.33 Å². The number of benzene rings is 1. The lowest BCUT2D eigenvalue weighted by atomic mass is 9.81. The molecule has 6 heteroatoms. The zero-order valence-electron chi connectivity index (χ0n) is 12.4. The van der Waals surface area contributed by atoms with Crippen molar-refractivity contribution < 1.29 is 4.79 Å². The van der Waals surface area contributed by atoms with Crippen LogP contribution in [0.25, 0.3) is 5.69 Å². The number of hydrogen-bond donors (Lipinski definition) is 2. The van der Waals surface area contributed by atoms with Crippen LogP contribution >= 0.6 is 0 Å². The molecule has 21 heavy (non-hydrogen) atoms. The van der Waals surface area contributed by atoms with Gasteiger partial charge in [-0.15, -0.1) is 0 Å². The van der Waals surface area contributed by atoms with Crippen molar-refractivity contribution in [3.8, 4) is 5.69 Å². The second-order valence-electron chi connectivity index (χ2n) is 5.00. The number of hydrogen-bond acceptors (Lipinski definition) is 4. The molecule has 1 heterocycles. The molecule has 6 nitrogen and oxygen atoms in total. The van der Waals surface area contributed by atoms with E-state index in [1.54, 1.807) is 11.0 Å². The average molecular weight is 287 g/mol. The van der Waals surface area contributed by atoms with E-state index >= 15 is 0 Å². The SMILES string of the molecule is CCC(CC)(CN)C(=O)Nc1ccccc1-n1cncn1. The predicted octanol–water partition coefficient (Wildman–Crippen LogP) is 1.97. The van der Waals surface area contributed by atoms with Crippen molar-refractivity contribution in [1.29, 1.82) is 0 Å². The summed E-state index contributed by atoms with van der Waals surface area (Å²) in [5.74, 6) is -0.0532. The first-order valence-electron chi connectivity index (χ1n) is 7.12. The van der Waals surface area contributed by atoms with Gasteiger partial charge in [-0.05, 0) is 25.0 Å². The highest BCUT2D eigenvalue weighted by Gasteiger charge is 2.33. The number of carbonyl (C=O) groups is 1. The van der Waals surface area contributed by atoms with E-state index in [2.05, 4.69) is 15.4 Å². The molecule has 2 aromatic rings. The Hall–Kier alpha value is -2.21. The van der Waals surface area contributed by atoms with Crippen LogP contribution in [-0.2, 0) is 4.79 Å². The van der Waals surface area contributed by atoms with Crippen LogP contribution in [0.5, 0.6) is 0 Å². The molecule has 1 amide bonds. The molecular formula is C15H21N5O. The molecule has 2 rings (SSSR count). The highest BCUT2D eigenvalue weighted by Crippen LogP contribution is 2.28. The highest BCUT2D eigenvalue weighted by atomic mass is 16.2. The van der Waals surface area contributed by atoms with Gasteiger partial charge in [-0.2, -0.15) is 5.10 Å². The van der Waals surface area contributed by atoms with E-state index in [0.29, 0.717) is 25.1 Å². The monoisotopic (exact) mass is 287 g/mol. The fourth-order valence-electron chi connectivity index (χ4n) is 2.32. The summed E-state index contributed by atoms with van der Waals surface area (Å²) in [6, 6.07) is 7.49. The molecule has 0 aliphatic carbocycles. The Morgan fingerprint density at radius 2 is 2.05 bits per heavy atom. The van der Waals surface area contributed by atoms with E-state index < -0.39 is 5.41 Å². The molecule has 0 bridgehead atoms. The summed E-state index contributed by atoms with van der Waals surface area (Å²) < 4.78 is 1.62. The van der Waals surface area contributed by atoms with Gasteiger partial charge in [0.2, 0.25) is 5.91 Å². The van der Waals surface area contributed by atoms with Gasteiger partial charge in [0.05, 0.1) is 16.8 Å². The third-order valence-corrected chi connectivity index (χ3v) is 4.04. The number of nitrogens with two attached hydrogens (primary N) is 1. The van der Waals surface area contributed by atoms with Crippen LogP contribution in [0.4, 0.5) is 5.69 Å². The molecule has 0 fully saturated rings. The second-order valence-corrected chi connectivity index (χ2v) is 5.00.